The van der Waals surface area contributed by atoms with E-state index in [-0.39, 0.29) is 17.7 Å². The van der Waals surface area contributed by atoms with E-state index < -0.39 is 0 Å². The highest BCUT2D eigenvalue weighted by Gasteiger charge is 2.08. The Hall–Kier alpha value is -2.69. The smallest absolute Gasteiger partial charge is 0.338 e. The first-order valence-electron chi connectivity index (χ1n) is 7.90. The number of anilines is 1. The van der Waals surface area contributed by atoms with Crippen LogP contribution in [0.25, 0.3) is 0 Å². The van der Waals surface area contributed by atoms with Crippen LogP contribution in [0.5, 0.6) is 0 Å². The van der Waals surface area contributed by atoms with Gasteiger partial charge in [-0.05, 0) is 55.7 Å². The first-order valence-corrected chi connectivity index (χ1v) is 7.90. The fraction of sp³-hybridized carbons (Fsp3) is 0.263. The lowest BCUT2D eigenvalue weighted by Crippen LogP contribution is -2.12. The van der Waals surface area contributed by atoms with Gasteiger partial charge in [-0.1, -0.05) is 18.2 Å². The van der Waals surface area contributed by atoms with Crippen molar-refractivity contribution in [1.82, 2.24) is 0 Å². The van der Waals surface area contributed by atoms with Gasteiger partial charge in [-0.15, -0.1) is 0 Å². The Morgan fingerprint density at radius 2 is 1.79 bits per heavy atom. The summed E-state index contributed by atoms with van der Waals surface area (Å²) in [5.41, 5.74) is 1.66. The minimum atomic E-state index is -0.389. The molecule has 0 aliphatic carbocycles. The van der Waals surface area contributed by atoms with E-state index >= 15 is 0 Å². The molecule has 5 heteroatoms. The van der Waals surface area contributed by atoms with E-state index in [9.17, 15) is 14.0 Å². The van der Waals surface area contributed by atoms with Crippen LogP contribution in [0.2, 0.25) is 0 Å². The molecular formula is C19H20FNO3. The average molecular weight is 329 g/mol. The second-order valence-electron chi connectivity index (χ2n) is 5.29. The zero-order valence-corrected chi connectivity index (χ0v) is 13.5. The first-order chi connectivity index (χ1) is 11.6. The van der Waals surface area contributed by atoms with Crippen LogP contribution >= 0.6 is 0 Å². The largest absolute Gasteiger partial charge is 0.462 e. The molecule has 24 heavy (non-hydrogen) atoms. The normalized spacial score (nSPS) is 10.2. The van der Waals surface area contributed by atoms with Crippen LogP contribution in [-0.4, -0.2) is 18.5 Å². The fourth-order valence-corrected chi connectivity index (χ4v) is 2.27. The first kappa shape index (κ1) is 17.7. The van der Waals surface area contributed by atoms with E-state index in [2.05, 4.69) is 5.32 Å². The number of esters is 1. The molecule has 1 amide bonds. The van der Waals surface area contributed by atoms with Crippen LogP contribution in [-0.2, 0) is 16.0 Å². The van der Waals surface area contributed by atoms with Crippen LogP contribution in [0.1, 0.15) is 35.7 Å². The summed E-state index contributed by atoms with van der Waals surface area (Å²) < 4.78 is 18.4. The molecule has 0 aliphatic heterocycles. The number of rotatable bonds is 7. The van der Waals surface area contributed by atoms with Crippen LogP contribution in [0.4, 0.5) is 10.1 Å². The zero-order valence-electron chi connectivity index (χ0n) is 13.5. The van der Waals surface area contributed by atoms with Crippen molar-refractivity contribution < 1.29 is 18.7 Å². The van der Waals surface area contributed by atoms with Crippen LogP contribution < -0.4 is 5.32 Å². The van der Waals surface area contributed by atoms with Gasteiger partial charge >= 0.3 is 5.97 Å². The lowest BCUT2D eigenvalue weighted by molar-refractivity contribution is -0.116. The minimum absolute atomic E-state index is 0.143. The summed E-state index contributed by atoms with van der Waals surface area (Å²) in [6.07, 6.45) is 1.38. The molecule has 0 unspecified atom stereocenters. The van der Waals surface area contributed by atoms with Crippen molar-refractivity contribution in [1.29, 1.82) is 0 Å². The molecule has 0 aromatic heterocycles. The van der Waals surface area contributed by atoms with E-state index in [0.717, 1.165) is 0 Å². The fourth-order valence-electron chi connectivity index (χ4n) is 2.27. The van der Waals surface area contributed by atoms with Crippen molar-refractivity contribution in [2.75, 3.05) is 11.9 Å². The molecular weight excluding hydrogens is 309 g/mol. The Kier molecular flexibility index (Phi) is 6.49. The van der Waals surface area contributed by atoms with Gasteiger partial charge in [0.25, 0.3) is 0 Å². The monoisotopic (exact) mass is 329 g/mol. The van der Waals surface area contributed by atoms with Crippen molar-refractivity contribution in [3.63, 3.8) is 0 Å². The third-order valence-electron chi connectivity index (χ3n) is 3.49. The standard InChI is InChI=1S/C19H20FNO3/c1-2-24-19(23)15-10-12-16(13-11-15)21-18(22)9-5-7-14-6-3-4-8-17(14)20/h3-4,6,8,10-13H,2,5,7,9H2,1H3,(H,21,22). The number of hydrogen-bond acceptors (Lipinski definition) is 3. The molecule has 126 valence electrons. The Morgan fingerprint density at radius 3 is 2.46 bits per heavy atom. The van der Waals surface area contributed by atoms with Gasteiger partial charge in [0.15, 0.2) is 0 Å². The minimum Gasteiger partial charge on any atom is -0.462 e. The number of ether oxygens (including phenoxy) is 1. The van der Waals surface area contributed by atoms with Crippen molar-refractivity contribution in [3.8, 4) is 0 Å². The lowest BCUT2D eigenvalue weighted by atomic mass is 10.1. The molecule has 2 rings (SSSR count). The quantitative estimate of drug-likeness (QED) is 0.782. The molecule has 2 aromatic carbocycles. The van der Waals surface area contributed by atoms with Crippen molar-refractivity contribution in [2.45, 2.75) is 26.2 Å². The van der Waals surface area contributed by atoms with Gasteiger partial charge in [-0.2, -0.15) is 0 Å². The van der Waals surface area contributed by atoms with Gasteiger partial charge in [0.1, 0.15) is 5.82 Å². The maximum absolute atomic E-state index is 13.5. The van der Waals surface area contributed by atoms with Gasteiger partial charge < -0.3 is 10.1 Å². The van der Waals surface area contributed by atoms with Gasteiger partial charge in [-0.3, -0.25) is 4.79 Å². The van der Waals surface area contributed by atoms with Gasteiger partial charge in [0, 0.05) is 12.1 Å². The third kappa shape index (κ3) is 5.19. The summed E-state index contributed by atoms with van der Waals surface area (Å²) in [4.78, 5) is 23.5. The predicted octanol–water partition coefficient (Wildman–Crippen LogP) is 3.96. The molecule has 0 aliphatic rings. The van der Waals surface area contributed by atoms with Gasteiger partial charge in [0.05, 0.1) is 12.2 Å². The van der Waals surface area contributed by atoms with E-state index in [1.807, 2.05) is 0 Å². The predicted molar refractivity (Wildman–Crippen MR) is 90.4 cm³/mol. The van der Waals surface area contributed by atoms with E-state index in [1.165, 1.54) is 6.07 Å². The number of carbonyl (C=O) groups excluding carboxylic acids is 2. The highest BCUT2D eigenvalue weighted by molar-refractivity contribution is 5.93. The molecule has 0 saturated carbocycles. The Bertz CT molecular complexity index is 698. The molecule has 4 nitrogen and oxygen atoms in total. The summed E-state index contributed by atoms with van der Waals surface area (Å²) >= 11 is 0. The van der Waals surface area contributed by atoms with Crippen molar-refractivity contribution >= 4 is 17.6 Å². The molecule has 0 spiro atoms. The number of aryl methyl sites for hydroxylation is 1. The second kappa shape index (κ2) is 8.82. The van der Waals surface area contributed by atoms with E-state index in [4.69, 9.17) is 4.74 Å². The SMILES string of the molecule is CCOC(=O)c1ccc(NC(=O)CCCc2ccccc2F)cc1. The molecule has 0 saturated heterocycles. The summed E-state index contributed by atoms with van der Waals surface area (Å²) in [6.45, 7) is 2.06. The molecule has 0 bridgehead atoms. The molecule has 0 atom stereocenters. The maximum atomic E-state index is 13.5. The molecule has 0 heterocycles. The number of carbonyl (C=O) groups is 2. The molecule has 0 fully saturated rings. The van der Waals surface area contributed by atoms with E-state index in [0.29, 0.717) is 42.7 Å². The number of nitrogens with one attached hydrogen (secondary N) is 1. The summed E-state index contributed by atoms with van der Waals surface area (Å²) in [7, 11) is 0. The topological polar surface area (TPSA) is 55.4 Å². The van der Waals surface area contributed by atoms with Gasteiger partial charge in [0.2, 0.25) is 5.91 Å². The lowest BCUT2D eigenvalue weighted by Gasteiger charge is -2.07. The number of amides is 1. The highest BCUT2D eigenvalue weighted by atomic mass is 19.1. The number of halogens is 1. The molecule has 1 N–H and O–H groups in total. The number of hydrogen-bond donors (Lipinski definition) is 1. The Labute approximate surface area is 140 Å². The van der Waals surface area contributed by atoms with E-state index in [1.54, 1.807) is 49.4 Å². The van der Waals surface area contributed by atoms with Crippen LogP contribution in [0.15, 0.2) is 48.5 Å². The van der Waals surface area contributed by atoms with Gasteiger partial charge in [-0.25, -0.2) is 9.18 Å². The average Bonchev–Trinajstić information content (AvgIpc) is 2.57. The van der Waals surface area contributed by atoms with Crippen molar-refractivity contribution in [2.24, 2.45) is 0 Å². The van der Waals surface area contributed by atoms with Crippen LogP contribution in [0.3, 0.4) is 0 Å². The third-order valence-corrected chi connectivity index (χ3v) is 3.49. The summed E-state index contributed by atoms with van der Waals surface area (Å²) in [6, 6.07) is 13.1. The maximum Gasteiger partial charge on any atom is 0.338 e. The number of benzene rings is 2. The summed E-state index contributed by atoms with van der Waals surface area (Å²) in [5.74, 6) is -0.775. The molecule has 2 aromatic rings. The molecule has 0 radical (unpaired) electrons. The van der Waals surface area contributed by atoms with Crippen molar-refractivity contribution in [3.05, 3.63) is 65.5 Å². The Morgan fingerprint density at radius 1 is 1.08 bits per heavy atom. The summed E-state index contributed by atoms with van der Waals surface area (Å²) in [5, 5.41) is 2.76. The second-order valence-corrected chi connectivity index (χ2v) is 5.29. The Balaban J connectivity index is 1.80. The zero-order chi connectivity index (χ0) is 17.4. The van der Waals surface area contributed by atoms with Crippen LogP contribution in [0, 0.1) is 5.82 Å². The highest BCUT2D eigenvalue weighted by Crippen LogP contribution is 2.13.